The lowest BCUT2D eigenvalue weighted by Crippen LogP contribution is -2.38. The Morgan fingerprint density at radius 3 is 2.34 bits per heavy atom. The van der Waals surface area contributed by atoms with Crippen LogP contribution in [0.2, 0.25) is 0 Å². The number of amides is 1. The van der Waals surface area contributed by atoms with E-state index in [4.69, 9.17) is 14.2 Å². The van der Waals surface area contributed by atoms with Crippen LogP contribution < -0.4 is 14.2 Å². The molecule has 206 valence electrons. The van der Waals surface area contributed by atoms with E-state index in [1.807, 2.05) is 13.0 Å². The molecular weight excluding hydrogens is 484 g/mol. The first kappa shape index (κ1) is 29.0. The molecule has 1 atom stereocenters. The van der Waals surface area contributed by atoms with Gasteiger partial charge in [0.2, 0.25) is 0 Å². The van der Waals surface area contributed by atoms with Gasteiger partial charge >= 0.3 is 0 Å². The third-order valence-electron chi connectivity index (χ3n) is 7.04. The molecule has 0 saturated carbocycles. The monoisotopic (exact) mass is 524 g/mol. The van der Waals surface area contributed by atoms with Crippen molar-refractivity contribution < 1.29 is 28.9 Å². The van der Waals surface area contributed by atoms with Crippen molar-refractivity contribution in [3.8, 4) is 17.2 Å². The lowest BCUT2D eigenvalue weighted by Gasteiger charge is -2.28. The zero-order chi connectivity index (χ0) is 27.8. The smallest absolute Gasteiger partial charge is 0.295 e. The lowest BCUT2D eigenvalue weighted by molar-refractivity contribution is -0.140. The van der Waals surface area contributed by atoms with Crippen LogP contribution in [0.15, 0.2) is 42.0 Å². The third kappa shape index (κ3) is 6.13. The Balaban J connectivity index is 2.13. The fraction of sp³-hybridized carbons (Fsp3) is 0.467. The molecule has 1 unspecified atom stereocenters. The summed E-state index contributed by atoms with van der Waals surface area (Å²) in [6.45, 7) is 11.2. The Morgan fingerprint density at radius 2 is 1.74 bits per heavy atom. The zero-order valence-electron chi connectivity index (χ0n) is 23.4. The summed E-state index contributed by atoms with van der Waals surface area (Å²) >= 11 is 0. The summed E-state index contributed by atoms with van der Waals surface area (Å²) in [4.78, 5) is 30.5. The number of aliphatic hydroxyl groups excluding tert-OH is 1. The van der Waals surface area contributed by atoms with Crippen LogP contribution in [0.25, 0.3) is 5.76 Å². The average Bonchev–Trinajstić information content (AvgIpc) is 3.18. The first-order valence-electron chi connectivity index (χ1n) is 13.3. The number of likely N-dealkylation sites (N-methyl/N-ethyl adjacent to an activating group) is 1. The molecule has 0 aromatic heterocycles. The average molecular weight is 525 g/mol. The van der Waals surface area contributed by atoms with E-state index in [-0.39, 0.29) is 11.3 Å². The normalized spacial score (nSPS) is 16.8. The van der Waals surface area contributed by atoms with Crippen LogP contribution >= 0.6 is 0 Å². The van der Waals surface area contributed by atoms with Crippen molar-refractivity contribution in [2.24, 2.45) is 0 Å². The van der Waals surface area contributed by atoms with Gasteiger partial charge in [-0.25, -0.2) is 0 Å². The number of nitrogens with zero attached hydrogens (tertiary/aromatic N) is 2. The molecule has 1 amide bonds. The molecule has 2 aromatic carbocycles. The van der Waals surface area contributed by atoms with Crippen molar-refractivity contribution in [2.45, 2.75) is 46.6 Å². The molecule has 1 N–H and O–H groups in total. The first-order chi connectivity index (χ1) is 18.3. The number of carbonyl (C=O) groups excluding carboxylic acids is 2. The molecule has 3 rings (SSSR count). The molecule has 8 nitrogen and oxygen atoms in total. The number of Topliss-reactive ketones (excluding diaryl/α,β-unsaturated/α-hetero) is 1. The molecule has 0 spiro atoms. The minimum atomic E-state index is -0.773. The van der Waals surface area contributed by atoms with E-state index in [9.17, 15) is 14.7 Å². The van der Waals surface area contributed by atoms with Gasteiger partial charge in [0, 0.05) is 18.7 Å². The van der Waals surface area contributed by atoms with Gasteiger partial charge in [0.25, 0.3) is 11.7 Å². The van der Waals surface area contributed by atoms with Gasteiger partial charge < -0.3 is 29.1 Å². The number of carbonyl (C=O) groups is 2. The maximum absolute atomic E-state index is 13.4. The van der Waals surface area contributed by atoms with Gasteiger partial charge in [-0.05, 0) is 67.9 Å². The Bertz CT molecular complexity index is 1170. The molecule has 0 bridgehead atoms. The topological polar surface area (TPSA) is 88.5 Å². The highest BCUT2D eigenvalue weighted by atomic mass is 16.5. The second-order valence-electron chi connectivity index (χ2n) is 9.31. The third-order valence-corrected chi connectivity index (χ3v) is 7.04. The van der Waals surface area contributed by atoms with Crippen LogP contribution in [-0.4, -0.2) is 73.6 Å². The van der Waals surface area contributed by atoms with E-state index >= 15 is 0 Å². The molecule has 38 heavy (non-hydrogen) atoms. The summed E-state index contributed by atoms with van der Waals surface area (Å²) in [5, 5.41) is 11.5. The van der Waals surface area contributed by atoms with Gasteiger partial charge in [-0.1, -0.05) is 33.3 Å². The molecule has 1 fully saturated rings. The summed E-state index contributed by atoms with van der Waals surface area (Å²) in [6, 6.07) is 9.85. The summed E-state index contributed by atoms with van der Waals surface area (Å²) in [6.07, 6.45) is 1.92. The number of likely N-dealkylation sites (tertiary alicyclic amines) is 1. The predicted molar refractivity (Wildman–Crippen MR) is 148 cm³/mol. The van der Waals surface area contributed by atoms with Crippen LogP contribution in [0.4, 0.5) is 0 Å². The molecule has 0 radical (unpaired) electrons. The fourth-order valence-corrected chi connectivity index (χ4v) is 4.72. The second kappa shape index (κ2) is 13.3. The van der Waals surface area contributed by atoms with E-state index in [1.165, 1.54) is 0 Å². The molecule has 1 aliphatic heterocycles. The van der Waals surface area contributed by atoms with Crippen LogP contribution in [0.1, 0.15) is 56.3 Å². The van der Waals surface area contributed by atoms with E-state index < -0.39 is 17.7 Å². The second-order valence-corrected chi connectivity index (χ2v) is 9.31. The van der Waals surface area contributed by atoms with Crippen LogP contribution in [0.3, 0.4) is 0 Å². The van der Waals surface area contributed by atoms with Gasteiger partial charge in [-0.15, -0.1) is 0 Å². The molecule has 1 saturated heterocycles. The number of ketones is 1. The minimum absolute atomic E-state index is 0.0597. The molecule has 1 aliphatic rings. The number of aliphatic hydroxyl groups is 1. The maximum Gasteiger partial charge on any atom is 0.295 e. The van der Waals surface area contributed by atoms with E-state index in [0.29, 0.717) is 48.1 Å². The number of ether oxygens (including phenoxy) is 3. The number of rotatable bonds is 13. The summed E-state index contributed by atoms with van der Waals surface area (Å²) in [5.41, 5.74) is 1.93. The standard InChI is InChI=1S/C30H40N2O6/c1-7-10-17-38-24-14-11-21(19-25(24)37-6)27-26(28(33)23-13-12-22(36-5)18-20(23)4)29(34)30(35)32(27)16-15-31(8-2)9-3/h11-14,18-19,27,33H,7-10,15-17H2,1-6H3/b28-26+. The Morgan fingerprint density at radius 1 is 1.00 bits per heavy atom. The number of hydrogen-bond donors (Lipinski definition) is 1. The van der Waals surface area contributed by atoms with E-state index in [1.54, 1.807) is 49.5 Å². The Labute approximate surface area is 225 Å². The summed E-state index contributed by atoms with van der Waals surface area (Å²) in [7, 11) is 3.13. The van der Waals surface area contributed by atoms with Crippen molar-refractivity contribution in [3.63, 3.8) is 0 Å². The van der Waals surface area contributed by atoms with Crippen molar-refractivity contribution in [1.82, 2.24) is 9.80 Å². The first-order valence-corrected chi connectivity index (χ1v) is 13.3. The van der Waals surface area contributed by atoms with E-state index in [2.05, 4.69) is 25.7 Å². The molecular formula is C30H40N2O6. The van der Waals surface area contributed by atoms with Crippen LogP contribution in [0, 0.1) is 6.92 Å². The lowest BCUT2D eigenvalue weighted by atomic mass is 9.93. The van der Waals surface area contributed by atoms with Gasteiger partial charge in [0.1, 0.15) is 11.5 Å². The highest BCUT2D eigenvalue weighted by Crippen LogP contribution is 2.42. The van der Waals surface area contributed by atoms with Crippen molar-refractivity contribution in [3.05, 3.63) is 58.7 Å². The quantitative estimate of drug-likeness (QED) is 0.172. The molecule has 1 heterocycles. The fourth-order valence-electron chi connectivity index (χ4n) is 4.72. The largest absolute Gasteiger partial charge is 0.507 e. The molecule has 2 aromatic rings. The molecule has 8 heteroatoms. The van der Waals surface area contributed by atoms with Gasteiger partial charge in [0.15, 0.2) is 11.5 Å². The summed E-state index contributed by atoms with van der Waals surface area (Å²) in [5.74, 6) is 0.200. The van der Waals surface area contributed by atoms with Crippen LogP contribution in [-0.2, 0) is 9.59 Å². The number of aryl methyl sites for hydroxylation is 1. The minimum Gasteiger partial charge on any atom is -0.507 e. The number of hydrogen-bond acceptors (Lipinski definition) is 7. The number of benzene rings is 2. The SMILES string of the molecule is CCCCOc1ccc(C2/C(=C(\O)c3ccc(OC)cc3C)C(=O)C(=O)N2CCN(CC)CC)cc1OC. The van der Waals surface area contributed by atoms with Crippen molar-refractivity contribution in [1.29, 1.82) is 0 Å². The van der Waals surface area contributed by atoms with Crippen molar-refractivity contribution in [2.75, 3.05) is 47.0 Å². The predicted octanol–water partition coefficient (Wildman–Crippen LogP) is 4.95. The van der Waals surface area contributed by atoms with E-state index in [0.717, 1.165) is 31.5 Å². The maximum atomic E-state index is 13.4. The van der Waals surface area contributed by atoms with Gasteiger partial charge in [-0.2, -0.15) is 0 Å². The molecule has 0 aliphatic carbocycles. The Kier molecular flexibility index (Phi) is 10.2. The Hall–Kier alpha value is -3.52. The van der Waals surface area contributed by atoms with Crippen LogP contribution in [0.5, 0.6) is 17.2 Å². The highest BCUT2D eigenvalue weighted by Gasteiger charge is 2.46. The van der Waals surface area contributed by atoms with Gasteiger partial charge in [-0.3, -0.25) is 9.59 Å². The highest BCUT2D eigenvalue weighted by molar-refractivity contribution is 6.46. The zero-order valence-corrected chi connectivity index (χ0v) is 23.4. The summed E-state index contributed by atoms with van der Waals surface area (Å²) < 4.78 is 16.8. The van der Waals surface area contributed by atoms with Gasteiger partial charge in [0.05, 0.1) is 32.4 Å². The number of unbranched alkanes of at least 4 members (excludes halogenated alkanes) is 1. The van der Waals surface area contributed by atoms with Crippen molar-refractivity contribution >= 4 is 17.4 Å². The number of methoxy groups -OCH3 is 2.